The molecule has 0 unspecified atom stereocenters. The summed E-state index contributed by atoms with van der Waals surface area (Å²) in [6.07, 6.45) is 3.28. The number of piperazine rings is 1. The van der Waals surface area contributed by atoms with Gasteiger partial charge in [0.15, 0.2) is 0 Å². The smallest absolute Gasteiger partial charge is 0.246 e. The first-order chi connectivity index (χ1) is 12.5. The van der Waals surface area contributed by atoms with E-state index in [0.29, 0.717) is 13.1 Å². The van der Waals surface area contributed by atoms with E-state index in [2.05, 4.69) is 0 Å². The number of carbonyl (C=O) groups excluding carboxylic acids is 1. The predicted octanol–water partition coefficient (Wildman–Crippen LogP) is 2.17. The fourth-order valence-corrected chi connectivity index (χ4v) is 4.90. The van der Waals surface area contributed by atoms with Crippen LogP contribution in [-0.2, 0) is 14.8 Å². The second-order valence-corrected chi connectivity index (χ2v) is 8.57. The van der Waals surface area contributed by atoms with Gasteiger partial charge in [0.25, 0.3) is 0 Å². The molecule has 1 aromatic heterocycles. The van der Waals surface area contributed by atoms with Gasteiger partial charge in [0.1, 0.15) is 6.07 Å². The van der Waals surface area contributed by atoms with Crippen molar-refractivity contribution in [2.45, 2.75) is 4.90 Å². The molecule has 1 saturated heterocycles. The molecule has 3 rings (SSSR count). The van der Waals surface area contributed by atoms with E-state index in [4.69, 9.17) is 5.26 Å². The van der Waals surface area contributed by atoms with Gasteiger partial charge >= 0.3 is 0 Å². The number of sulfonamides is 1. The van der Waals surface area contributed by atoms with Gasteiger partial charge in [-0.2, -0.15) is 9.57 Å². The molecule has 0 saturated carbocycles. The first kappa shape index (κ1) is 18.3. The molecule has 0 spiro atoms. The van der Waals surface area contributed by atoms with Crippen molar-refractivity contribution >= 4 is 33.3 Å². The van der Waals surface area contributed by atoms with Crippen molar-refractivity contribution in [3.63, 3.8) is 0 Å². The van der Waals surface area contributed by atoms with Crippen molar-refractivity contribution in [3.05, 3.63) is 58.3 Å². The van der Waals surface area contributed by atoms with Gasteiger partial charge in [-0.15, -0.1) is 11.3 Å². The lowest BCUT2D eigenvalue weighted by molar-refractivity contribution is -0.127. The van der Waals surface area contributed by atoms with E-state index in [1.54, 1.807) is 34.4 Å². The molecule has 6 nitrogen and oxygen atoms in total. The van der Waals surface area contributed by atoms with E-state index in [9.17, 15) is 13.2 Å². The van der Waals surface area contributed by atoms with E-state index in [1.807, 2.05) is 23.6 Å². The van der Waals surface area contributed by atoms with Gasteiger partial charge in [0.05, 0.1) is 10.5 Å². The van der Waals surface area contributed by atoms with Crippen LogP contribution in [0.15, 0.2) is 52.7 Å². The van der Waals surface area contributed by atoms with Crippen molar-refractivity contribution < 1.29 is 13.2 Å². The highest BCUT2D eigenvalue weighted by Crippen LogP contribution is 2.21. The molecule has 134 valence electrons. The van der Waals surface area contributed by atoms with Crippen molar-refractivity contribution in [1.29, 1.82) is 5.26 Å². The lowest BCUT2D eigenvalue weighted by Gasteiger charge is -2.33. The third kappa shape index (κ3) is 3.85. The fourth-order valence-electron chi connectivity index (χ4n) is 2.72. The minimum Gasteiger partial charge on any atom is -0.337 e. The molecule has 0 atom stereocenters. The molecular formula is C18H17N3O3S2. The van der Waals surface area contributed by atoms with Crippen molar-refractivity contribution in [3.8, 4) is 6.07 Å². The van der Waals surface area contributed by atoms with E-state index >= 15 is 0 Å². The predicted molar refractivity (Wildman–Crippen MR) is 99.8 cm³/mol. The van der Waals surface area contributed by atoms with Crippen LogP contribution in [0.2, 0.25) is 0 Å². The SMILES string of the molecule is N#Cc1ccccc1S(=O)(=O)N1CCN(C(=O)C=Cc2cccs2)CC1. The number of hydrogen-bond acceptors (Lipinski definition) is 5. The standard InChI is InChI=1S/C18H17N3O3S2/c19-14-15-4-1-2-6-17(15)26(23,24)21-11-9-20(10-12-21)18(22)8-7-16-5-3-13-25-16/h1-8,13H,9-12H2. The highest BCUT2D eigenvalue weighted by Gasteiger charge is 2.31. The molecule has 1 aromatic carbocycles. The number of rotatable bonds is 4. The molecular weight excluding hydrogens is 370 g/mol. The Morgan fingerprint density at radius 3 is 2.50 bits per heavy atom. The monoisotopic (exact) mass is 387 g/mol. The Hall–Kier alpha value is -2.47. The number of nitrogens with zero attached hydrogens (tertiary/aromatic N) is 3. The summed E-state index contributed by atoms with van der Waals surface area (Å²) in [5.41, 5.74) is 0.130. The molecule has 0 bridgehead atoms. The average molecular weight is 387 g/mol. The van der Waals surface area contributed by atoms with Crippen LogP contribution in [0.5, 0.6) is 0 Å². The van der Waals surface area contributed by atoms with Crippen LogP contribution < -0.4 is 0 Å². The summed E-state index contributed by atoms with van der Waals surface area (Å²) in [7, 11) is -3.75. The van der Waals surface area contributed by atoms with Gasteiger partial charge in [-0.25, -0.2) is 8.42 Å². The molecule has 2 heterocycles. The average Bonchev–Trinajstić information content (AvgIpc) is 3.19. The van der Waals surface area contributed by atoms with Crippen LogP contribution in [0.3, 0.4) is 0 Å². The van der Waals surface area contributed by atoms with Crippen molar-refractivity contribution in [2.75, 3.05) is 26.2 Å². The Labute approximate surface area is 156 Å². The summed E-state index contributed by atoms with van der Waals surface area (Å²) >= 11 is 1.54. The maximum atomic E-state index is 12.8. The molecule has 0 radical (unpaired) electrons. The minimum atomic E-state index is -3.75. The molecule has 2 aromatic rings. The van der Waals surface area contributed by atoms with E-state index in [0.717, 1.165) is 4.88 Å². The van der Waals surface area contributed by atoms with E-state index in [-0.39, 0.29) is 29.5 Å². The summed E-state index contributed by atoms with van der Waals surface area (Å²) in [6, 6.07) is 11.9. The maximum absolute atomic E-state index is 12.8. The number of benzene rings is 1. The lowest BCUT2D eigenvalue weighted by atomic mass is 10.2. The van der Waals surface area contributed by atoms with Crippen molar-refractivity contribution in [2.24, 2.45) is 0 Å². The van der Waals surface area contributed by atoms with Gasteiger partial charge in [-0.1, -0.05) is 18.2 Å². The number of carbonyl (C=O) groups is 1. The van der Waals surface area contributed by atoms with Crippen LogP contribution in [0.1, 0.15) is 10.4 Å². The zero-order valence-corrected chi connectivity index (χ0v) is 15.5. The van der Waals surface area contributed by atoms with Gasteiger partial charge < -0.3 is 4.90 Å². The highest BCUT2D eigenvalue weighted by atomic mass is 32.2. The van der Waals surface area contributed by atoms with Crippen LogP contribution in [0.25, 0.3) is 6.08 Å². The number of hydrogen-bond donors (Lipinski definition) is 0. The number of amides is 1. The first-order valence-electron chi connectivity index (χ1n) is 8.02. The Bertz CT molecular complexity index is 952. The Morgan fingerprint density at radius 1 is 1.12 bits per heavy atom. The largest absolute Gasteiger partial charge is 0.337 e. The maximum Gasteiger partial charge on any atom is 0.246 e. The van der Waals surface area contributed by atoms with E-state index in [1.165, 1.54) is 22.5 Å². The number of nitriles is 1. The summed E-state index contributed by atoms with van der Waals surface area (Å²) in [5.74, 6) is -0.132. The molecule has 1 amide bonds. The van der Waals surface area contributed by atoms with Gasteiger partial charge in [0.2, 0.25) is 15.9 Å². The molecule has 1 aliphatic heterocycles. The Balaban J connectivity index is 1.66. The second kappa shape index (κ2) is 7.83. The van der Waals surface area contributed by atoms with Crippen LogP contribution >= 0.6 is 11.3 Å². The normalized spacial score (nSPS) is 15.9. The fraction of sp³-hybridized carbons (Fsp3) is 0.222. The molecule has 8 heteroatoms. The molecule has 0 aliphatic carbocycles. The molecule has 1 fully saturated rings. The number of thiophene rings is 1. The summed E-state index contributed by atoms with van der Waals surface area (Å²) in [4.78, 5) is 14.9. The van der Waals surface area contributed by atoms with Crippen LogP contribution in [0.4, 0.5) is 0 Å². The Kier molecular flexibility index (Phi) is 5.52. The first-order valence-corrected chi connectivity index (χ1v) is 10.3. The summed E-state index contributed by atoms with van der Waals surface area (Å²) < 4.78 is 26.9. The topological polar surface area (TPSA) is 81.5 Å². The summed E-state index contributed by atoms with van der Waals surface area (Å²) in [6.45, 7) is 1.06. The Morgan fingerprint density at radius 2 is 1.85 bits per heavy atom. The highest BCUT2D eigenvalue weighted by molar-refractivity contribution is 7.89. The minimum absolute atomic E-state index is 0.0138. The quantitative estimate of drug-likeness (QED) is 0.753. The summed E-state index contributed by atoms with van der Waals surface area (Å²) in [5, 5.41) is 11.1. The third-order valence-corrected chi connectivity index (χ3v) is 6.90. The lowest BCUT2D eigenvalue weighted by Crippen LogP contribution is -2.50. The van der Waals surface area contributed by atoms with Crippen molar-refractivity contribution in [1.82, 2.24) is 9.21 Å². The zero-order chi connectivity index (χ0) is 18.6. The van der Waals surface area contributed by atoms with Gasteiger partial charge in [0, 0.05) is 37.1 Å². The van der Waals surface area contributed by atoms with Crippen LogP contribution in [-0.4, -0.2) is 49.7 Å². The third-order valence-electron chi connectivity index (χ3n) is 4.11. The van der Waals surface area contributed by atoms with Gasteiger partial charge in [-0.05, 0) is 29.7 Å². The molecule has 0 N–H and O–H groups in total. The zero-order valence-electron chi connectivity index (χ0n) is 13.9. The van der Waals surface area contributed by atoms with E-state index < -0.39 is 10.0 Å². The van der Waals surface area contributed by atoms with Crippen LogP contribution in [0, 0.1) is 11.3 Å². The molecule has 1 aliphatic rings. The second-order valence-electron chi connectivity index (χ2n) is 5.69. The van der Waals surface area contributed by atoms with Gasteiger partial charge in [-0.3, -0.25) is 4.79 Å². The molecule has 26 heavy (non-hydrogen) atoms.